The molecule has 47 heavy (non-hydrogen) atoms. The number of aromatic nitrogens is 5. The van der Waals surface area contributed by atoms with Crippen molar-refractivity contribution in [2.24, 2.45) is 0 Å². The van der Waals surface area contributed by atoms with Crippen LogP contribution in [0.25, 0.3) is 17.0 Å². The number of carbonyl (C=O) groups excluding carboxylic acids is 1. The molecule has 0 aliphatic carbocycles. The standard InChI is InChI=1S/C35H40N10O2/c1-25-6-3-7-26-8-4-10-31(33(25)26)42-16-12-29-30(21-42)39-35(47-22-28-9-5-15-41(28)2)40-34(29)43-18-19-45(27(20-43)11-14-36)32(46)13-17-44-24-37-23-38-44/h3-4,6-8,10,13,17,23-24,27-28H,5,9,11-12,15-16,18-22H2,1-2H3/b17-13+/t27-,28-/m0/s1. The first-order valence-electron chi connectivity index (χ1n) is 16.4. The molecule has 3 aliphatic rings. The molecular weight excluding hydrogens is 592 g/mol. The molecule has 12 nitrogen and oxygen atoms in total. The van der Waals surface area contributed by atoms with Crippen molar-refractivity contribution in [2.45, 2.75) is 51.2 Å². The van der Waals surface area contributed by atoms with Crippen LogP contribution in [0.2, 0.25) is 0 Å². The number of carbonyl (C=O) groups is 1. The van der Waals surface area contributed by atoms with Gasteiger partial charge in [-0.1, -0.05) is 30.3 Å². The number of nitrogens with zero attached hydrogens (tertiary/aromatic N) is 10. The topological polar surface area (TPSA) is 120 Å². The fourth-order valence-corrected chi connectivity index (χ4v) is 7.20. The third kappa shape index (κ3) is 6.36. The zero-order valence-corrected chi connectivity index (χ0v) is 27.0. The summed E-state index contributed by atoms with van der Waals surface area (Å²) in [4.78, 5) is 35.9. The molecule has 242 valence electrons. The smallest absolute Gasteiger partial charge is 0.318 e. The van der Waals surface area contributed by atoms with Crippen molar-refractivity contribution >= 4 is 34.4 Å². The quantitative estimate of drug-likeness (QED) is 0.266. The van der Waals surface area contributed by atoms with E-state index >= 15 is 0 Å². The van der Waals surface area contributed by atoms with Crippen molar-refractivity contribution in [3.8, 4) is 12.1 Å². The number of hydrogen-bond donors (Lipinski definition) is 0. The summed E-state index contributed by atoms with van der Waals surface area (Å²) >= 11 is 0. The van der Waals surface area contributed by atoms with Gasteiger partial charge in [-0.3, -0.25) is 4.79 Å². The molecule has 0 bridgehead atoms. The Morgan fingerprint density at radius 1 is 1.09 bits per heavy atom. The van der Waals surface area contributed by atoms with Crippen molar-refractivity contribution in [3.05, 3.63) is 71.9 Å². The lowest BCUT2D eigenvalue weighted by Crippen LogP contribution is -2.55. The molecular formula is C35H40N10O2. The van der Waals surface area contributed by atoms with Gasteiger partial charge in [0, 0.05) is 61.1 Å². The SMILES string of the molecule is Cc1cccc2cccc(N3CCc4c(nc(OC[C@@H]5CCCN5C)nc4N4CCN(C(=O)/C=C/n5cncn5)[C@@H](CC#N)C4)C3)c12. The lowest BCUT2D eigenvalue weighted by Gasteiger charge is -2.42. The van der Waals surface area contributed by atoms with Crippen LogP contribution in [0, 0.1) is 18.3 Å². The molecule has 4 aromatic rings. The molecule has 1 amide bonds. The Hall–Kier alpha value is -5.02. The van der Waals surface area contributed by atoms with E-state index in [1.54, 1.807) is 11.1 Å². The summed E-state index contributed by atoms with van der Waals surface area (Å²) < 4.78 is 7.82. The summed E-state index contributed by atoms with van der Waals surface area (Å²) in [6.45, 7) is 6.81. The molecule has 5 heterocycles. The molecule has 2 aromatic carbocycles. The second kappa shape index (κ2) is 13.4. The van der Waals surface area contributed by atoms with Gasteiger partial charge in [0.25, 0.3) is 0 Å². The Bertz CT molecular complexity index is 1810. The Labute approximate surface area is 274 Å². The van der Waals surface area contributed by atoms with E-state index in [-0.39, 0.29) is 18.4 Å². The third-order valence-electron chi connectivity index (χ3n) is 9.73. The highest BCUT2D eigenvalue weighted by molar-refractivity contribution is 5.97. The first kappa shape index (κ1) is 30.6. The minimum Gasteiger partial charge on any atom is -0.462 e. The predicted octanol–water partition coefficient (Wildman–Crippen LogP) is 3.67. The number of amides is 1. The monoisotopic (exact) mass is 632 g/mol. The van der Waals surface area contributed by atoms with Crippen LogP contribution < -0.4 is 14.5 Å². The normalized spacial score (nSPS) is 20.1. The highest BCUT2D eigenvalue weighted by Crippen LogP contribution is 2.36. The number of benzene rings is 2. The van der Waals surface area contributed by atoms with Crippen LogP contribution in [0.15, 0.2) is 55.1 Å². The van der Waals surface area contributed by atoms with Gasteiger partial charge in [-0.25, -0.2) is 9.67 Å². The van der Waals surface area contributed by atoms with Crippen LogP contribution in [0.3, 0.4) is 0 Å². The van der Waals surface area contributed by atoms with E-state index in [1.807, 2.05) is 0 Å². The number of fused-ring (bicyclic) bond motifs is 2. The summed E-state index contributed by atoms with van der Waals surface area (Å²) in [5.41, 5.74) is 4.54. The van der Waals surface area contributed by atoms with E-state index in [2.05, 4.69) is 81.2 Å². The zero-order valence-electron chi connectivity index (χ0n) is 27.0. The summed E-state index contributed by atoms with van der Waals surface area (Å²) in [6, 6.07) is 15.7. The van der Waals surface area contributed by atoms with Crippen molar-refractivity contribution in [1.29, 1.82) is 5.26 Å². The average Bonchev–Trinajstić information content (AvgIpc) is 3.77. The van der Waals surface area contributed by atoms with Crippen molar-refractivity contribution in [1.82, 2.24) is 34.5 Å². The van der Waals surface area contributed by atoms with Crippen LogP contribution in [0.5, 0.6) is 6.01 Å². The molecule has 0 unspecified atom stereocenters. The predicted molar refractivity (Wildman–Crippen MR) is 180 cm³/mol. The lowest BCUT2D eigenvalue weighted by molar-refractivity contribution is -0.128. The number of piperazine rings is 1. The molecule has 2 fully saturated rings. The third-order valence-corrected chi connectivity index (χ3v) is 9.73. The van der Waals surface area contributed by atoms with Gasteiger partial charge in [0.2, 0.25) is 5.91 Å². The number of aryl methyl sites for hydroxylation is 1. The summed E-state index contributed by atoms with van der Waals surface area (Å²) in [5, 5.41) is 16.2. The molecule has 0 radical (unpaired) electrons. The van der Waals surface area contributed by atoms with Gasteiger partial charge in [-0.2, -0.15) is 20.3 Å². The van der Waals surface area contributed by atoms with E-state index in [1.165, 1.54) is 45.4 Å². The van der Waals surface area contributed by atoms with E-state index in [0.717, 1.165) is 49.4 Å². The van der Waals surface area contributed by atoms with Crippen LogP contribution in [-0.4, -0.2) is 98.9 Å². The van der Waals surface area contributed by atoms with Crippen molar-refractivity contribution < 1.29 is 9.53 Å². The van der Waals surface area contributed by atoms with Gasteiger partial charge >= 0.3 is 6.01 Å². The number of likely N-dealkylation sites (tertiary alicyclic amines) is 1. The number of hydrogen-bond acceptors (Lipinski definition) is 10. The van der Waals surface area contributed by atoms with Crippen LogP contribution in [0.1, 0.15) is 36.1 Å². The molecule has 0 N–H and O–H groups in total. The summed E-state index contributed by atoms with van der Waals surface area (Å²) in [7, 11) is 2.14. The van der Waals surface area contributed by atoms with Gasteiger partial charge in [0.15, 0.2) is 0 Å². The van der Waals surface area contributed by atoms with Gasteiger partial charge in [-0.05, 0) is 56.8 Å². The number of likely N-dealkylation sites (N-methyl/N-ethyl adjacent to an activating group) is 1. The fraction of sp³-hybridized carbons (Fsp3) is 0.429. The number of rotatable bonds is 8. The first-order valence-corrected chi connectivity index (χ1v) is 16.4. The maximum absolute atomic E-state index is 13.2. The largest absolute Gasteiger partial charge is 0.462 e. The molecule has 2 aromatic heterocycles. The first-order chi connectivity index (χ1) is 23.0. The van der Waals surface area contributed by atoms with Crippen molar-refractivity contribution in [2.75, 3.05) is 56.2 Å². The molecule has 7 rings (SSSR count). The van der Waals surface area contributed by atoms with Gasteiger partial charge < -0.3 is 24.3 Å². The van der Waals surface area contributed by atoms with Crippen LogP contribution in [-0.2, 0) is 17.8 Å². The van der Waals surface area contributed by atoms with Crippen LogP contribution >= 0.6 is 0 Å². The summed E-state index contributed by atoms with van der Waals surface area (Å²) in [6.07, 6.45) is 9.27. The van der Waals surface area contributed by atoms with Crippen LogP contribution in [0.4, 0.5) is 11.5 Å². The summed E-state index contributed by atoms with van der Waals surface area (Å²) in [5.74, 6) is 0.697. The molecule has 12 heteroatoms. The average molecular weight is 633 g/mol. The zero-order chi connectivity index (χ0) is 32.3. The Kier molecular flexibility index (Phi) is 8.72. The van der Waals surface area contributed by atoms with Crippen molar-refractivity contribution in [3.63, 3.8) is 0 Å². The minimum absolute atomic E-state index is 0.157. The van der Waals surface area contributed by atoms with Gasteiger partial charge in [0.05, 0.1) is 30.8 Å². The molecule has 3 aliphatic heterocycles. The van der Waals surface area contributed by atoms with E-state index in [0.29, 0.717) is 44.8 Å². The Morgan fingerprint density at radius 2 is 1.96 bits per heavy atom. The fourth-order valence-electron chi connectivity index (χ4n) is 7.20. The van der Waals surface area contributed by atoms with Gasteiger partial charge in [0.1, 0.15) is 25.1 Å². The Morgan fingerprint density at radius 3 is 2.74 bits per heavy atom. The van der Waals surface area contributed by atoms with E-state index in [9.17, 15) is 10.1 Å². The maximum atomic E-state index is 13.2. The van der Waals surface area contributed by atoms with E-state index < -0.39 is 0 Å². The lowest BCUT2D eigenvalue weighted by atomic mass is 9.99. The van der Waals surface area contributed by atoms with E-state index in [4.69, 9.17) is 14.7 Å². The maximum Gasteiger partial charge on any atom is 0.318 e. The van der Waals surface area contributed by atoms with Gasteiger partial charge in [-0.15, -0.1) is 0 Å². The second-order valence-electron chi connectivity index (χ2n) is 12.6. The second-order valence-corrected chi connectivity index (χ2v) is 12.6. The Balaban J connectivity index is 1.18. The number of anilines is 2. The molecule has 2 atom stereocenters. The number of nitriles is 1. The highest BCUT2D eigenvalue weighted by atomic mass is 16.5. The number of ether oxygens (including phenoxy) is 1. The minimum atomic E-state index is -0.289. The molecule has 2 saturated heterocycles. The molecule has 0 spiro atoms. The highest BCUT2D eigenvalue weighted by Gasteiger charge is 2.34. The molecule has 0 saturated carbocycles.